The molecule has 1 heterocycles. The first-order chi connectivity index (χ1) is 10.3. The van der Waals surface area contributed by atoms with E-state index in [-0.39, 0.29) is 15.8 Å². The van der Waals surface area contributed by atoms with Crippen molar-refractivity contribution in [2.45, 2.75) is 27.1 Å². The average Bonchev–Trinajstić information content (AvgIpc) is 2.91. The van der Waals surface area contributed by atoms with Gasteiger partial charge in [-0.2, -0.15) is 0 Å². The van der Waals surface area contributed by atoms with Gasteiger partial charge in [0.25, 0.3) is 0 Å². The quantitative estimate of drug-likeness (QED) is 0.587. The van der Waals surface area contributed by atoms with Crippen LogP contribution in [-0.2, 0) is 6.42 Å². The van der Waals surface area contributed by atoms with Crippen molar-refractivity contribution in [2.24, 2.45) is 0 Å². The molecule has 2 aromatic carbocycles. The summed E-state index contributed by atoms with van der Waals surface area (Å²) < 4.78 is 0. The van der Waals surface area contributed by atoms with Crippen LogP contribution in [0.1, 0.15) is 5.56 Å². The van der Waals surface area contributed by atoms with E-state index in [1.807, 2.05) is 23.9 Å². The zero-order valence-corrected chi connectivity index (χ0v) is 15.5. The number of aromatic nitrogens is 1. The van der Waals surface area contributed by atoms with Gasteiger partial charge >= 0.3 is 141 Å². The van der Waals surface area contributed by atoms with E-state index in [1.54, 1.807) is 0 Å². The van der Waals surface area contributed by atoms with Gasteiger partial charge in [0.15, 0.2) is 0 Å². The second-order valence-electron chi connectivity index (χ2n) is 4.88. The average molecular weight is 378 g/mol. The normalized spacial score (nSPS) is 11.7. The Morgan fingerprint density at radius 1 is 1.10 bits per heavy atom. The Bertz CT molecular complexity index is 753. The summed E-state index contributed by atoms with van der Waals surface area (Å²) in [6.45, 7) is 0. The molecule has 0 aliphatic rings. The second-order valence-corrected chi connectivity index (χ2v) is 8.90. The first kappa shape index (κ1) is 15.1. The number of fused-ring (bicyclic) bond motifs is 1. The van der Waals surface area contributed by atoms with Gasteiger partial charge in [0.05, 0.1) is 0 Å². The molecule has 1 aromatic heterocycles. The van der Waals surface area contributed by atoms with E-state index in [0.29, 0.717) is 0 Å². The summed E-state index contributed by atoms with van der Waals surface area (Å²) in [5.41, 5.74) is 4.91. The molecule has 0 spiro atoms. The van der Waals surface area contributed by atoms with Crippen LogP contribution in [0.3, 0.4) is 0 Å². The predicted molar refractivity (Wildman–Crippen MR) is 95.4 cm³/mol. The zero-order chi connectivity index (χ0) is 14.7. The Hall–Kier alpha value is -0.822. The Labute approximate surface area is 141 Å². The molecule has 0 saturated carbocycles. The number of nitrogens with one attached hydrogen (secondary N) is 1. The fourth-order valence-electron chi connectivity index (χ4n) is 2.38. The van der Waals surface area contributed by atoms with Crippen molar-refractivity contribution in [3.05, 3.63) is 59.2 Å². The molecule has 0 amide bonds. The van der Waals surface area contributed by atoms with E-state index in [0.717, 1.165) is 15.9 Å². The molecule has 4 heteroatoms. The van der Waals surface area contributed by atoms with Gasteiger partial charge in [0.2, 0.25) is 0 Å². The van der Waals surface area contributed by atoms with Crippen molar-refractivity contribution in [3.8, 4) is 0 Å². The number of H-pyrrole nitrogens is 1. The Morgan fingerprint density at radius 3 is 2.81 bits per heavy atom. The number of aryl methyl sites for hydroxylation is 1. The van der Waals surface area contributed by atoms with Crippen LogP contribution in [0.25, 0.3) is 10.9 Å². The molecular formula is C17H17AsClNS. The first-order valence-corrected chi connectivity index (χ1v) is 11.7. The number of hydrogen-bond acceptors (Lipinski definition) is 1. The summed E-state index contributed by atoms with van der Waals surface area (Å²) in [6.07, 6.45) is 3.25. The van der Waals surface area contributed by atoms with E-state index in [9.17, 15) is 0 Å². The van der Waals surface area contributed by atoms with E-state index in [2.05, 4.69) is 47.2 Å². The standard InChI is InChI=1S/C17H17AsClNS/c1-18-10-9-12-5-2-3-8-15(12)21-16-11-20-14-7-4-6-13(19)17(14)16/h2-8,11,18,20H,9-10H2,1H3. The molecule has 0 saturated heterocycles. The number of rotatable bonds is 5. The Balaban J connectivity index is 1.95. The Morgan fingerprint density at radius 2 is 1.95 bits per heavy atom. The van der Waals surface area contributed by atoms with Crippen molar-refractivity contribution in [1.82, 2.24) is 4.98 Å². The molecule has 0 fully saturated rings. The van der Waals surface area contributed by atoms with Crippen LogP contribution in [-0.4, -0.2) is 20.7 Å². The molecule has 21 heavy (non-hydrogen) atoms. The summed E-state index contributed by atoms with van der Waals surface area (Å²) in [5, 5.41) is 3.29. The Kier molecular flexibility index (Phi) is 5.00. The molecule has 3 rings (SSSR count). The SMILES string of the molecule is C[AsH]CCc1ccccc1Sc1c[nH]c2cccc(Cl)c12. The van der Waals surface area contributed by atoms with Gasteiger partial charge in [0, 0.05) is 0 Å². The molecule has 0 radical (unpaired) electrons. The van der Waals surface area contributed by atoms with Crippen LogP contribution >= 0.6 is 23.4 Å². The summed E-state index contributed by atoms with van der Waals surface area (Å²) in [4.78, 5) is 5.86. The van der Waals surface area contributed by atoms with E-state index in [1.165, 1.54) is 27.0 Å². The molecule has 3 aromatic rings. The van der Waals surface area contributed by atoms with Crippen molar-refractivity contribution >= 4 is 50.0 Å². The van der Waals surface area contributed by atoms with Crippen LogP contribution in [0.5, 0.6) is 0 Å². The van der Waals surface area contributed by atoms with Gasteiger partial charge in [-0.3, -0.25) is 0 Å². The fourth-order valence-corrected chi connectivity index (χ4v) is 4.93. The van der Waals surface area contributed by atoms with Gasteiger partial charge < -0.3 is 0 Å². The van der Waals surface area contributed by atoms with Gasteiger partial charge in [-0.1, -0.05) is 0 Å². The van der Waals surface area contributed by atoms with E-state index < -0.39 is 0 Å². The first-order valence-electron chi connectivity index (χ1n) is 6.95. The van der Waals surface area contributed by atoms with Crippen LogP contribution in [0.2, 0.25) is 15.9 Å². The van der Waals surface area contributed by atoms with Crippen LogP contribution in [0.15, 0.2) is 58.5 Å². The van der Waals surface area contributed by atoms with Crippen molar-refractivity contribution < 1.29 is 0 Å². The predicted octanol–water partition coefficient (Wildman–Crippen LogP) is 5.42. The number of benzene rings is 2. The third-order valence-electron chi connectivity index (χ3n) is 3.46. The van der Waals surface area contributed by atoms with Crippen LogP contribution < -0.4 is 0 Å². The van der Waals surface area contributed by atoms with Crippen molar-refractivity contribution in [1.29, 1.82) is 0 Å². The summed E-state index contributed by atoms with van der Waals surface area (Å²) >= 11 is 8.41. The molecule has 0 aliphatic carbocycles. The summed E-state index contributed by atoms with van der Waals surface area (Å²) in [7, 11) is 0. The summed E-state index contributed by atoms with van der Waals surface area (Å²) in [6, 6.07) is 14.7. The van der Waals surface area contributed by atoms with Gasteiger partial charge in [-0.25, -0.2) is 0 Å². The molecule has 108 valence electrons. The fraction of sp³-hybridized carbons (Fsp3) is 0.176. The second kappa shape index (κ2) is 6.96. The molecule has 1 unspecified atom stereocenters. The maximum atomic E-state index is 6.36. The van der Waals surface area contributed by atoms with E-state index >= 15 is 0 Å². The monoisotopic (exact) mass is 377 g/mol. The number of aromatic amines is 1. The molecular weight excluding hydrogens is 361 g/mol. The maximum absolute atomic E-state index is 6.36. The molecule has 1 N–H and O–H groups in total. The molecule has 1 atom stereocenters. The molecule has 0 bridgehead atoms. The van der Waals surface area contributed by atoms with Crippen LogP contribution in [0.4, 0.5) is 0 Å². The minimum absolute atomic E-state index is 0.228. The summed E-state index contributed by atoms with van der Waals surface area (Å²) in [5.74, 6) is 0. The van der Waals surface area contributed by atoms with Gasteiger partial charge in [0.1, 0.15) is 0 Å². The van der Waals surface area contributed by atoms with E-state index in [4.69, 9.17) is 11.6 Å². The topological polar surface area (TPSA) is 15.8 Å². The van der Waals surface area contributed by atoms with Gasteiger partial charge in [-0.15, -0.1) is 0 Å². The molecule has 1 nitrogen and oxygen atoms in total. The zero-order valence-electron chi connectivity index (χ0n) is 11.8. The molecule has 0 aliphatic heterocycles. The van der Waals surface area contributed by atoms with Crippen molar-refractivity contribution in [3.63, 3.8) is 0 Å². The van der Waals surface area contributed by atoms with Crippen LogP contribution in [0, 0.1) is 0 Å². The third-order valence-corrected chi connectivity index (χ3v) is 6.50. The van der Waals surface area contributed by atoms with Crippen molar-refractivity contribution in [2.75, 3.05) is 0 Å². The number of hydrogen-bond donors (Lipinski definition) is 1. The van der Waals surface area contributed by atoms with Gasteiger partial charge in [-0.05, 0) is 0 Å². The third kappa shape index (κ3) is 3.34. The minimum atomic E-state index is 0.228. The number of halogens is 1.